The quantitative estimate of drug-likeness (QED) is 0.373. The summed E-state index contributed by atoms with van der Waals surface area (Å²) in [4.78, 5) is 35.8. The number of benzene rings is 2. The SMILES string of the molecule is CC(=O)C(N)C(F)(F)C(O)C(Cc1ccc(NC(=O)OC(C)(C)C)cc1)NC(=O)OCc1ccccc1. The zero-order chi connectivity index (χ0) is 27.8. The Bertz CT molecular complexity index is 1060. The van der Waals surface area contributed by atoms with Gasteiger partial charge in [-0.3, -0.25) is 10.1 Å². The second kappa shape index (κ2) is 12.6. The predicted molar refractivity (Wildman–Crippen MR) is 133 cm³/mol. The van der Waals surface area contributed by atoms with Crippen molar-refractivity contribution >= 4 is 23.7 Å². The van der Waals surface area contributed by atoms with Crippen LogP contribution < -0.4 is 16.4 Å². The van der Waals surface area contributed by atoms with Crippen molar-refractivity contribution in [2.75, 3.05) is 5.32 Å². The molecular weight excluding hydrogens is 488 g/mol. The number of aliphatic hydroxyl groups is 1. The number of carbonyl (C=O) groups excluding carboxylic acids is 3. The van der Waals surface area contributed by atoms with Gasteiger partial charge in [-0.05, 0) is 57.4 Å². The van der Waals surface area contributed by atoms with Crippen molar-refractivity contribution < 1.29 is 37.7 Å². The molecule has 2 aromatic rings. The number of alkyl carbamates (subject to hydrolysis) is 1. The van der Waals surface area contributed by atoms with Crippen LogP contribution in [0.5, 0.6) is 0 Å². The fraction of sp³-hybridized carbons (Fsp3) is 0.423. The lowest BCUT2D eigenvalue weighted by Gasteiger charge is -2.32. The van der Waals surface area contributed by atoms with Crippen molar-refractivity contribution in [2.24, 2.45) is 5.73 Å². The molecule has 3 atom stereocenters. The minimum Gasteiger partial charge on any atom is -0.445 e. The number of ketones is 1. The minimum absolute atomic E-state index is 0.121. The molecule has 0 fully saturated rings. The largest absolute Gasteiger partial charge is 0.445 e. The highest BCUT2D eigenvalue weighted by Gasteiger charge is 2.50. The molecule has 0 heterocycles. The van der Waals surface area contributed by atoms with Gasteiger partial charge in [-0.1, -0.05) is 42.5 Å². The Morgan fingerprint density at radius 1 is 0.973 bits per heavy atom. The third-order valence-electron chi connectivity index (χ3n) is 5.20. The third-order valence-corrected chi connectivity index (χ3v) is 5.20. The van der Waals surface area contributed by atoms with Gasteiger partial charge < -0.3 is 25.6 Å². The maximum atomic E-state index is 14.8. The van der Waals surface area contributed by atoms with E-state index in [1.165, 1.54) is 24.3 Å². The first-order valence-corrected chi connectivity index (χ1v) is 11.6. The summed E-state index contributed by atoms with van der Waals surface area (Å²) in [5.41, 5.74) is 6.15. The van der Waals surface area contributed by atoms with E-state index in [1.54, 1.807) is 51.1 Å². The van der Waals surface area contributed by atoms with Crippen LogP contribution in [-0.2, 0) is 27.3 Å². The van der Waals surface area contributed by atoms with Crippen molar-refractivity contribution in [3.63, 3.8) is 0 Å². The first kappa shape index (κ1) is 29.7. The number of nitrogens with one attached hydrogen (secondary N) is 2. The van der Waals surface area contributed by atoms with E-state index in [4.69, 9.17) is 15.2 Å². The zero-order valence-corrected chi connectivity index (χ0v) is 21.2. The number of hydrogen-bond donors (Lipinski definition) is 4. The molecule has 0 radical (unpaired) electrons. The smallest absolute Gasteiger partial charge is 0.412 e. The highest BCUT2D eigenvalue weighted by molar-refractivity contribution is 5.84. The molecule has 5 N–H and O–H groups in total. The van der Waals surface area contributed by atoms with Crippen LogP contribution in [0.4, 0.5) is 24.1 Å². The third kappa shape index (κ3) is 9.43. The van der Waals surface area contributed by atoms with Crippen LogP contribution >= 0.6 is 0 Å². The van der Waals surface area contributed by atoms with E-state index in [0.717, 1.165) is 6.92 Å². The normalized spacial score (nSPS) is 14.2. The maximum absolute atomic E-state index is 14.8. The molecular formula is C26H33F2N3O6. The number of aliphatic hydroxyl groups excluding tert-OH is 1. The molecule has 202 valence electrons. The van der Waals surface area contributed by atoms with Crippen molar-refractivity contribution in [1.82, 2.24) is 5.32 Å². The zero-order valence-electron chi connectivity index (χ0n) is 21.2. The maximum Gasteiger partial charge on any atom is 0.412 e. The summed E-state index contributed by atoms with van der Waals surface area (Å²) in [6.07, 6.45) is -4.47. The van der Waals surface area contributed by atoms with Crippen LogP contribution in [-0.4, -0.2) is 52.8 Å². The van der Waals surface area contributed by atoms with E-state index in [2.05, 4.69) is 10.6 Å². The second-order valence-electron chi connectivity index (χ2n) is 9.55. The Kier molecular flexibility index (Phi) is 10.1. The monoisotopic (exact) mass is 521 g/mol. The number of alkyl halides is 2. The molecule has 0 aliphatic rings. The van der Waals surface area contributed by atoms with Crippen molar-refractivity contribution in [3.05, 3.63) is 65.7 Å². The lowest BCUT2D eigenvalue weighted by molar-refractivity contribution is -0.151. The summed E-state index contributed by atoms with van der Waals surface area (Å²) in [7, 11) is 0. The second-order valence-corrected chi connectivity index (χ2v) is 9.55. The van der Waals surface area contributed by atoms with E-state index in [0.29, 0.717) is 16.8 Å². The van der Waals surface area contributed by atoms with Crippen LogP contribution in [0.2, 0.25) is 0 Å². The van der Waals surface area contributed by atoms with Crippen LogP contribution in [0.25, 0.3) is 0 Å². The van der Waals surface area contributed by atoms with E-state index < -0.39 is 47.7 Å². The van der Waals surface area contributed by atoms with Gasteiger partial charge in [-0.15, -0.1) is 0 Å². The molecule has 0 saturated heterocycles. The standard InChI is InChI=1S/C26H33F2N3O6/c1-16(32)21(29)26(27,28)22(33)20(31-23(34)36-15-18-8-6-5-7-9-18)14-17-10-12-19(13-11-17)30-24(35)37-25(2,3)4/h5-13,20-22,33H,14-15,29H2,1-4H3,(H,30,35)(H,31,34). The van der Waals surface area contributed by atoms with Gasteiger partial charge in [0.05, 0.1) is 6.04 Å². The van der Waals surface area contributed by atoms with Crippen LogP contribution in [0.3, 0.4) is 0 Å². The fourth-order valence-electron chi connectivity index (χ4n) is 3.28. The van der Waals surface area contributed by atoms with Gasteiger partial charge in [0.25, 0.3) is 5.92 Å². The number of amides is 2. The Labute approximate surface area is 214 Å². The fourth-order valence-corrected chi connectivity index (χ4v) is 3.28. The van der Waals surface area contributed by atoms with Crippen molar-refractivity contribution in [2.45, 2.75) is 70.4 Å². The number of rotatable bonds is 10. The Hall–Kier alpha value is -3.57. The van der Waals surface area contributed by atoms with Gasteiger partial charge in [0.2, 0.25) is 0 Å². The molecule has 11 heteroatoms. The van der Waals surface area contributed by atoms with Crippen LogP contribution in [0, 0.1) is 0 Å². The molecule has 37 heavy (non-hydrogen) atoms. The number of ether oxygens (including phenoxy) is 2. The summed E-state index contributed by atoms with van der Waals surface area (Å²) in [5, 5.41) is 15.3. The molecule has 9 nitrogen and oxygen atoms in total. The molecule has 2 aromatic carbocycles. The van der Waals surface area contributed by atoms with E-state index in [-0.39, 0.29) is 13.0 Å². The number of Topliss-reactive ketones (excluding diaryl/α,β-unsaturated/α-hetero) is 1. The average Bonchev–Trinajstić information content (AvgIpc) is 2.81. The number of halogens is 2. The topological polar surface area (TPSA) is 140 Å². The van der Waals surface area contributed by atoms with Gasteiger partial charge in [0, 0.05) is 5.69 Å². The predicted octanol–water partition coefficient (Wildman–Crippen LogP) is 3.78. The minimum atomic E-state index is -4.04. The van der Waals surface area contributed by atoms with Gasteiger partial charge in [0.15, 0.2) is 5.78 Å². The van der Waals surface area contributed by atoms with Crippen LogP contribution in [0.1, 0.15) is 38.8 Å². The van der Waals surface area contributed by atoms with Gasteiger partial charge in [-0.2, -0.15) is 0 Å². The van der Waals surface area contributed by atoms with E-state index in [1.807, 2.05) is 0 Å². The first-order chi connectivity index (χ1) is 17.2. The summed E-state index contributed by atoms with van der Waals surface area (Å²) in [6, 6.07) is 10.9. The molecule has 3 unspecified atom stereocenters. The molecule has 2 amide bonds. The molecule has 2 rings (SSSR count). The Balaban J connectivity index is 2.16. The summed E-state index contributed by atoms with van der Waals surface area (Å²) in [6.45, 7) is 5.91. The molecule has 0 bridgehead atoms. The van der Waals surface area contributed by atoms with Gasteiger partial charge in [-0.25, -0.2) is 18.4 Å². The molecule has 0 aromatic heterocycles. The summed E-state index contributed by atoms with van der Waals surface area (Å²) < 4.78 is 39.9. The van der Waals surface area contributed by atoms with Crippen LogP contribution in [0.15, 0.2) is 54.6 Å². The Morgan fingerprint density at radius 2 is 1.57 bits per heavy atom. The summed E-state index contributed by atoms with van der Waals surface area (Å²) in [5.74, 6) is -5.06. The lowest BCUT2D eigenvalue weighted by atomic mass is 9.92. The highest BCUT2D eigenvalue weighted by Crippen LogP contribution is 2.27. The number of hydrogen-bond acceptors (Lipinski definition) is 7. The molecule has 0 aliphatic heterocycles. The van der Waals surface area contributed by atoms with Gasteiger partial charge in [0.1, 0.15) is 24.4 Å². The Morgan fingerprint density at radius 3 is 2.11 bits per heavy atom. The van der Waals surface area contributed by atoms with Crippen molar-refractivity contribution in [3.8, 4) is 0 Å². The molecule has 0 aliphatic carbocycles. The van der Waals surface area contributed by atoms with E-state index >= 15 is 0 Å². The van der Waals surface area contributed by atoms with Crippen molar-refractivity contribution in [1.29, 1.82) is 0 Å². The summed E-state index contributed by atoms with van der Waals surface area (Å²) >= 11 is 0. The molecule has 0 saturated carbocycles. The van der Waals surface area contributed by atoms with E-state index in [9.17, 15) is 28.3 Å². The van der Waals surface area contributed by atoms with Gasteiger partial charge >= 0.3 is 12.2 Å². The first-order valence-electron chi connectivity index (χ1n) is 11.6. The number of nitrogens with two attached hydrogens (primary N) is 1. The molecule has 0 spiro atoms. The lowest BCUT2D eigenvalue weighted by Crippen LogP contribution is -2.60. The number of anilines is 1. The number of carbonyl (C=O) groups is 3. The average molecular weight is 522 g/mol. The highest BCUT2D eigenvalue weighted by atomic mass is 19.3.